The van der Waals surface area contributed by atoms with Gasteiger partial charge < -0.3 is 5.32 Å². The van der Waals surface area contributed by atoms with E-state index in [9.17, 15) is 0 Å². The van der Waals surface area contributed by atoms with E-state index < -0.39 is 0 Å². The van der Waals surface area contributed by atoms with E-state index in [1.165, 1.54) is 64.6 Å². The Kier molecular flexibility index (Phi) is 5.92. The van der Waals surface area contributed by atoms with Gasteiger partial charge in [-0.15, -0.1) is 0 Å². The Labute approximate surface area is 126 Å². The molecule has 118 valence electrons. The maximum absolute atomic E-state index is 3.78. The number of hydrogen-bond acceptors (Lipinski definition) is 2. The summed E-state index contributed by atoms with van der Waals surface area (Å²) in [6.45, 7) is 13.2. The van der Waals surface area contributed by atoms with Crippen molar-refractivity contribution in [2.45, 2.75) is 84.7 Å². The Morgan fingerprint density at radius 2 is 1.80 bits per heavy atom. The second-order valence-electron chi connectivity index (χ2n) is 8.18. The first kappa shape index (κ1) is 16.3. The minimum Gasteiger partial charge on any atom is -0.312 e. The van der Waals surface area contributed by atoms with Gasteiger partial charge in [-0.05, 0) is 56.5 Å². The highest BCUT2D eigenvalue weighted by atomic mass is 15.2. The van der Waals surface area contributed by atoms with Crippen LogP contribution in [0.25, 0.3) is 0 Å². The quantitative estimate of drug-likeness (QED) is 0.839. The summed E-state index contributed by atoms with van der Waals surface area (Å²) in [7, 11) is 0. The molecule has 0 bridgehead atoms. The van der Waals surface area contributed by atoms with Crippen molar-refractivity contribution in [3.05, 3.63) is 0 Å². The first-order valence-corrected chi connectivity index (χ1v) is 8.98. The third-order valence-electron chi connectivity index (χ3n) is 5.50. The maximum Gasteiger partial charge on any atom is 0.0243 e. The molecule has 1 saturated carbocycles. The molecule has 0 aromatic carbocycles. The molecule has 1 atom stereocenters. The highest BCUT2D eigenvalue weighted by Crippen LogP contribution is 2.32. The van der Waals surface area contributed by atoms with E-state index in [0.29, 0.717) is 11.5 Å². The molecule has 2 nitrogen and oxygen atoms in total. The van der Waals surface area contributed by atoms with Crippen LogP contribution in [0.5, 0.6) is 0 Å². The molecular formula is C18H36N2. The van der Waals surface area contributed by atoms with Gasteiger partial charge >= 0.3 is 0 Å². The van der Waals surface area contributed by atoms with Crippen LogP contribution in [0.15, 0.2) is 0 Å². The van der Waals surface area contributed by atoms with Crippen molar-refractivity contribution < 1.29 is 0 Å². The summed E-state index contributed by atoms with van der Waals surface area (Å²) in [5.41, 5.74) is 0.377. The van der Waals surface area contributed by atoms with Crippen molar-refractivity contribution in [2.75, 3.05) is 19.6 Å². The summed E-state index contributed by atoms with van der Waals surface area (Å²) in [6.07, 6.45) is 9.99. The van der Waals surface area contributed by atoms with Crippen LogP contribution in [0.4, 0.5) is 0 Å². The summed E-state index contributed by atoms with van der Waals surface area (Å²) in [4.78, 5) is 2.82. The highest BCUT2D eigenvalue weighted by Gasteiger charge is 2.32. The van der Waals surface area contributed by atoms with E-state index >= 15 is 0 Å². The van der Waals surface area contributed by atoms with Crippen LogP contribution in [0.1, 0.15) is 72.6 Å². The highest BCUT2D eigenvalue weighted by molar-refractivity contribution is 4.89. The average molecular weight is 281 g/mol. The molecular weight excluding hydrogens is 244 g/mol. The molecule has 2 heteroatoms. The monoisotopic (exact) mass is 280 g/mol. The number of nitrogens with zero attached hydrogens (tertiary/aromatic N) is 1. The molecule has 20 heavy (non-hydrogen) atoms. The van der Waals surface area contributed by atoms with Crippen LogP contribution < -0.4 is 5.32 Å². The molecule has 1 aliphatic carbocycles. The van der Waals surface area contributed by atoms with E-state index in [1.807, 2.05) is 0 Å². The molecule has 2 rings (SSSR count). The van der Waals surface area contributed by atoms with Gasteiger partial charge in [-0.3, -0.25) is 4.90 Å². The van der Waals surface area contributed by atoms with Crippen molar-refractivity contribution >= 4 is 0 Å². The van der Waals surface area contributed by atoms with Crippen LogP contribution in [-0.4, -0.2) is 36.6 Å². The van der Waals surface area contributed by atoms with Crippen LogP contribution in [0, 0.1) is 11.3 Å². The standard InChI is InChI=1S/C18H36N2/c1-5-7-15-8-10-16(11-9-15)20-13-6-12-19-17(14-20)18(2,3)4/h15-17,19H,5-14H2,1-4H3. The Bertz CT molecular complexity index is 274. The zero-order valence-electron chi connectivity index (χ0n) is 14.3. The van der Waals surface area contributed by atoms with Crippen molar-refractivity contribution in [2.24, 2.45) is 11.3 Å². The zero-order valence-corrected chi connectivity index (χ0v) is 14.3. The molecule has 2 aliphatic rings. The molecule has 1 unspecified atom stereocenters. The van der Waals surface area contributed by atoms with E-state index in [2.05, 4.69) is 37.9 Å². The van der Waals surface area contributed by atoms with Gasteiger partial charge in [0.1, 0.15) is 0 Å². The summed E-state index contributed by atoms with van der Waals surface area (Å²) in [6, 6.07) is 1.52. The van der Waals surface area contributed by atoms with Crippen molar-refractivity contribution in [1.29, 1.82) is 0 Å². The van der Waals surface area contributed by atoms with Crippen molar-refractivity contribution in [3.8, 4) is 0 Å². The topological polar surface area (TPSA) is 15.3 Å². The molecule has 0 radical (unpaired) electrons. The smallest absolute Gasteiger partial charge is 0.0243 e. The Hall–Kier alpha value is -0.0800. The van der Waals surface area contributed by atoms with Crippen molar-refractivity contribution in [3.63, 3.8) is 0 Å². The number of nitrogens with one attached hydrogen (secondary N) is 1. The van der Waals surface area contributed by atoms with Crippen molar-refractivity contribution in [1.82, 2.24) is 10.2 Å². The number of rotatable bonds is 3. The molecule has 0 aromatic heterocycles. The molecule has 1 aliphatic heterocycles. The average Bonchev–Trinajstić information content (AvgIpc) is 2.65. The van der Waals surface area contributed by atoms with E-state index in [4.69, 9.17) is 0 Å². The van der Waals surface area contributed by atoms with Gasteiger partial charge in [0.15, 0.2) is 0 Å². The second kappa shape index (κ2) is 7.26. The first-order valence-electron chi connectivity index (χ1n) is 8.98. The molecule has 0 spiro atoms. The largest absolute Gasteiger partial charge is 0.312 e. The fourth-order valence-electron chi connectivity index (χ4n) is 4.07. The fraction of sp³-hybridized carbons (Fsp3) is 1.00. The normalized spacial score (nSPS) is 33.9. The van der Waals surface area contributed by atoms with Gasteiger partial charge in [0.05, 0.1) is 0 Å². The van der Waals surface area contributed by atoms with Gasteiger partial charge in [0.25, 0.3) is 0 Å². The zero-order chi connectivity index (χ0) is 14.6. The maximum atomic E-state index is 3.78. The second-order valence-corrected chi connectivity index (χ2v) is 8.18. The Balaban J connectivity index is 1.88. The van der Waals surface area contributed by atoms with Gasteiger partial charge in [-0.2, -0.15) is 0 Å². The summed E-state index contributed by atoms with van der Waals surface area (Å²) >= 11 is 0. The van der Waals surface area contributed by atoms with Crippen LogP contribution in [0.2, 0.25) is 0 Å². The van der Waals surface area contributed by atoms with Crippen LogP contribution in [0.3, 0.4) is 0 Å². The molecule has 1 heterocycles. The predicted molar refractivity (Wildman–Crippen MR) is 88.1 cm³/mol. The molecule has 2 fully saturated rings. The van der Waals surface area contributed by atoms with Gasteiger partial charge in [-0.1, -0.05) is 40.5 Å². The minimum atomic E-state index is 0.377. The van der Waals surface area contributed by atoms with Gasteiger partial charge in [-0.25, -0.2) is 0 Å². The van der Waals surface area contributed by atoms with Gasteiger partial charge in [0.2, 0.25) is 0 Å². The lowest BCUT2D eigenvalue weighted by Crippen LogP contribution is -2.49. The van der Waals surface area contributed by atoms with Gasteiger partial charge in [0, 0.05) is 18.6 Å². The third-order valence-corrected chi connectivity index (χ3v) is 5.50. The molecule has 0 amide bonds. The summed E-state index contributed by atoms with van der Waals surface area (Å²) in [5, 5.41) is 3.78. The third kappa shape index (κ3) is 4.46. The molecule has 1 N–H and O–H groups in total. The Morgan fingerprint density at radius 3 is 2.40 bits per heavy atom. The van der Waals surface area contributed by atoms with Crippen LogP contribution >= 0.6 is 0 Å². The lowest BCUT2D eigenvalue weighted by atomic mass is 9.82. The molecule has 1 saturated heterocycles. The van der Waals surface area contributed by atoms with E-state index in [1.54, 1.807) is 0 Å². The minimum absolute atomic E-state index is 0.377. The fourth-order valence-corrected chi connectivity index (χ4v) is 4.07. The summed E-state index contributed by atoms with van der Waals surface area (Å²) in [5.74, 6) is 1.03. The predicted octanol–water partition coefficient (Wildman–Crippen LogP) is 4.06. The first-order chi connectivity index (χ1) is 9.50. The number of hydrogen-bond donors (Lipinski definition) is 1. The summed E-state index contributed by atoms with van der Waals surface area (Å²) < 4.78 is 0. The van der Waals surface area contributed by atoms with E-state index in [-0.39, 0.29) is 0 Å². The Morgan fingerprint density at radius 1 is 1.10 bits per heavy atom. The lowest BCUT2D eigenvalue weighted by Gasteiger charge is -2.40. The SMILES string of the molecule is CCCC1CCC(N2CCCNC(C(C)(C)C)C2)CC1. The lowest BCUT2D eigenvalue weighted by molar-refractivity contribution is 0.112. The van der Waals surface area contributed by atoms with E-state index in [0.717, 1.165) is 12.0 Å². The molecule has 0 aromatic rings. The van der Waals surface area contributed by atoms with Crippen LogP contribution in [-0.2, 0) is 0 Å².